The van der Waals surface area contributed by atoms with Gasteiger partial charge in [-0.3, -0.25) is 15.1 Å². The van der Waals surface area contributed by atoms with Crippen molar-refractivity contribution in [3.05, 3.63) is 75.3 Å². The number of benzene rings is 1. The lowest BCUT2D eigenvalue weighted by Gasteiger charge is -2.14. The molecule has 8 nitrogen and oxygen atoms in total. The third-order valence-electron chi connectivity index (χ3n) is 5.69. The second-order valence-corrected chi connectivity index (χ2v) is 11.2. The zero-order chi connectivity index (χ0) is 25.4. The molecule has 1 amide bonds. The number of anilines is 1. The molecule has 0 unspecified atom stereocenters. The Hall–Kier alpha value is -2.76. The number of amides is 1. The summed E-state index contributed by atoms with van der Waals surface area (Å²) in [5.74, 6) is 0.0668. The van der Waals surface area contributed by atoms with Crippen molar-refractivity contribution in [2.45, 2.75) is 29.0 Å². The number of nitrogens with zero attached hydrogens (tertiary/aromatic N) is 4. The fraction of sp³-hybridized carbons (Fsp3) is 0.208. The molecule has 12 heteroatoms. The molecule has 0 fully saturated rings. The lowest BCUT2D eigenvalue weighted by atomic mass is 10.0. The number of halogens is 2. The second-order valence-electron chi connectivity index (χ2n) is 8.03. The van der Waals surface area contributed by atoms with E-state index in [0.29, 0.717) is 43.4 Å². The van der Waals surface area contributed by atoms with Crippen molar-refractivity contribution in [2.75, 3.05) is 12.4 Å². The number of hydrogen-bond acceptors (Lipinski definition) is 9. The van der Waals surface area contributed by atoms with Crippen LogP contribution in [0.1, 0.15) is 32.4 Å². The molecule has 0 bridgehead atoms. The predicted molar refractivity (Wildman–Crippen MR) is 141 cm³/mol. The van der Waals surface area contributed by atoms with Gasteiger partial charge in [-0.25, -0.2) is 4.98 Å². The van der Waals surface area contributed by atoms with Gasteiger partial charge in [0.1, 0.15) is 10.9 Å². The number of thioether (sulfide) groups is 1. The first-order valence-electron chi connectivity index (χ1n) is 10.8. The average Bonchev–Trinajstić information content (AvgIpc) is 3.43. The molecule has 184 valence electrons. The molecule has 0 saturated carbocycles. The van der Waals surface area contributed by atoms with Crippen molar-refractivity contribution < 1.29 is 14.6 Å². The first-order chi connectivity index (χ1) is 17.3. The Balaban J connectivity index is 1.39. The molecule has 1 aliphatic rings. The highest BCUT2D eigenvalue weighted by Gasteiger charge is 2.34. The van der Waals surface area contributed by atoms with E-state index in [1.807, 2.05) is 25.1 Å². The van der Waals surface area contributed by atoms with Gasteiger partial charge in [0.15, 0.2) is 4.34 Å². The number of hydrogen-bond donors (Lipinski definition) is 2. The quantitative estimate of drug-likeness (QED) is 0.231. The van der Waals surface area contributed by atoms with Gasteiger partial charge in [0.05, 0.1) is 30.2 Å². The standard InChI is InChI=1S/C24H19Cl2N5O3S2/c1-11-6-13(14-8-19(26)28-10-18(14)34-2)15(9-27-11)22(33)29-23-30-31-24(36-23)35-21-17(32)7-12-4-3-5-16(25)20(12)21/h3-6,8-10,17,21,32H,7H2,1-2H3,(H,29,30,33)/t17-,21+/m1/s1. The number of aryl methyl sites for hydroxylation is 1. The van der Waals surface area contributed by atoms with Crippen molar-refractivity contribution in [3.8, 4) is 16.9 Å². The number of methoxy groups -OCH3 is 1. The van der Waals surface area contributed by atoms with Gasteiger partial charge in [0, 0.05) is 34.5 Å². The molecular weight excluding hydrogens is 541 g/mol. The van der Waals surface area contributed by atoms with Crippen LogP contribution in [0.4, 0.5) is 5.13 Å². The fourth-order valence-electron chi connectivity index (χ4n) is 4.08. The largest absolute Gasteiger partial charge is 0.494 e. The second kappa shape index (κ2) is 10.3. The molecule has 0 radical (unpaired) electrons. The smallest absolute Gasteiger partial charge is 0.259 e. The average molecular weight is 560 g/mol. The Kier molecular flexibility index (Phi) is 7.14. The van der Waals surface area contributed by atoms with Crippen LogP contribution in [0.2, 0.25) is 10.2 Å². The van der Waals surface area contributed by atoms with E-state index in [0.717, 1.165) is 16.8 Å². The number of nitrogens with one attached hydrogen (secondary N) is 1. The van der Waals surface area contributed by atoms with Gasteiger partial charge in [-0.1, -0.05) is 58.4 Å². The van der Waals surface area contributed by atoms with Crippen molar-refractivity contribution >= 4 is 57.3 Å². The minimum absolute atomic E-state index is 0.262. The molecule has 3 aromatic heterocycles. The topological polar surface area (TPSA) is 110 Å². The minimum Gasteiger partial charge on any atom is -0.494 e. The highest BCUT2D eigenvalue weighted by atomic mass is 35.5. The fourth-order valence-corrected chi connectivity index (χ4v) is 6.78. The van der Waals surface area contributed by atoms with Crippen molar-refractivity contribution in [1.29, 1.82) is 0 Å². The number of rotatable bonds is 6. The van der Waals surface area contributed by atoms with E-state index in [1.54, 1.807) is 12.1 Å². The lowest BCUT2D eigenvalue weighted by Crippen LogP contribution is -2.14. The first kappa shape index (κ1) is 24.9. The third kappa shape index (κ3) is 4.91. The van der Waals surface area contributed by atoms with Crippen molar-refractivity contribution in [1.82, 2.24) is 20.2 Å². The summed E-state index contributed by atoms with van der Waals surface area (Å²) in [5.41, 5.74) is 4.19. The van der Waals surface area contributed by atoms with Crippen LogP contribution < -0.4 is 10.1 Å². The number of carbonyl (C=O) groups is 1. The van der Waals surface area contributed by atoms with Gasteiger partial charge < -0.3 is 9.84 Å². The Morgan fingerprint density at radius 1 is 1.19 bits per heavy atom. The Morgan fingerprint density at radius 2 is 2.03 bits per heavy atom. The van der Waals surface area contributed by atoms with Gasteiger partial charge in [0.2, 0.25) is 5.13 Å². The summed E-state index contributed by atoms with van der Waals surface area (Å²) in [7, 11) is 1.52. The molecule has 0 spiro atoms. The molecule has 1 aromatic carbocycles. The Labute approximate surface area is 225 Å². The van der Waals surface area contributed by atoms with Gasteiger partial charge in [-0.15, -0.1) is 10.2 Å². The number of aromatic nitrogens is 4. The van der Waals surface area contributed by atoms with E-state index in [-0.39, 0.29) is 10.4 Å². The summed E-state index contributed by atoms with van der Waals surface area (Å²) in [6.07, 6.45) is 2.95. The van der Waals surface area contributed by atoms with Gasteiger partial charge >= 0.3 is 0 Å². The summed E-state index contributed by atoms with van der Waals surface area (Å²) in [6.45, 7) is 1.83. The molecule has 0 aliphatic heterocycles. The third-order valence-corrected chi connectivity index (χ3v) is 8.49. The predicted octanol–water partition coefficient (Wildman–Crippen LogP) is 5.62. The van der Waals surface area contributed by atoms with Crippen LogP contribution in [0.25, 0.3) is 11.1 Å². The highest BCUT2D eigenvalue weighted by molar-refractivity contribution is 8.01. The van der Waals surface area contributed by atoms with Crippen LogP contribution in [0.15, 0.2) is 47.1 Å². The number of carbonyl (C=O) groups excluding carboxylic acids is 1. The molecule has 2 N–H and O–H groups in total. The van der Waals surface area contributed by atoms with E-state index < -0.39 is 12.0 Å². The van der Waals surface area contributed by atoms with E-state index in [9.17, 15) is 9.90 Å². The van der Waals surface area contributed by atoms with Crippen LogP contribution in [0, 0.1) is 6.92 Å². The summed E-state index contributed by atoms with van der Waals surface area (Å²) in [6, 6.07) is 9.09. The number of aliphatic hydroxyl groups excluding tert-OH is 1. The molecule has 0 saturated heterocycles. The normalized spacial score (nSPS) is 16.6. The van der Waals surface area contributed by atoms with Crippen LogP contribution >= 0.6 is 46.3 Å². The maximum Gasteiger partial charge on any atom is 0.259 e. The summed E-state index contributed by atoms with van der Waals surface area (Å²) in [5, 5.41) is 22.7. The summed E-state index contributed by atoms with van der Waals surface area (Å²) >= 11 is 15.1. The number of fused-ring (bicyclic) bond motifs is 1. The Morgan fingerprint density at radius 3 is 2.83 bits per heavy atom. The molecular formula is C24H19Cl2N5O3S2. The molecule has 36 heavy (non-hydrogen) atoms. The minimum atomic E-state index is -0.588. The molecule has 5 rings (SSSR count). The van der Waals surface area contributed by atoms with Crippen LogP contribution in [-0.4, -0.2) is 44.4 Å². The summed E-state index contributed by atoms with van der Waals surface area (Å²) < 4.78 is 6.03. The first-order valence-corrected chi connectivity index (χ1v) is 13.2. The van der Waals surface area contributed by atoms with Crippen LogP contribution in [-0.2, 0) is 6.42 Å². The van der Waals surface area contributed by atoms with E-state index in [1.165, 1.54) is 42.6 Å². The number of aliphatic hydroxyl groups is 1. The maximum absolute atomic E-state index is 13.3. The van der Waals surface area contributed by atoms with Crippen LogP contribution in [0.5, 0.6) is 5.75 Å². The highest BCUT2D eigenvalue weighted by Crippen LogP contribution is 2.48. The summed E-state index contributed by atoms with van der Waals surface area (Å²) in [4.78, 5) is 21.6. The van der Waals surface area contributed by atoms with Crippen LogP contribution in [0.3, 0.4) is 0 Å². The van der Waals surface area contributed by atoms with Crippen molar-refractivity contribution in [2.24, 2.45) is 0 Å². The Bertz CT molecular complexity index is 1470. The molecule has 4 aromatic rings. The van der Waals surface area contributed by atoms with Gasteiger partial charge in [0.25, 0.3) is 5.91 Å². The molecule has 1 aliphatic carbocycles. The maximum atomic E-state index is 13.3. The monoisotopic (exact) mass is 559 g/mol. The zero-order valence-corrected chi connectivity index (χ0v) is 22.2. The van der Waals surface area contributed by atoms with Gasteiger partial charge in [-0.2, -0.15) is 0 Å². The molecule has 2 atom stereocenters. The van der Waals surface area contributed by atoms with E-state index in [2.05, 4.69) is 25.5 Å². The number of ether oxygens (including phenoxy) is 1. The van der Waals surface area contributed by atoms with Gasteiger partial charge in [-0.05, 0) is 36.2 Å². The zero-order valence-electron chi connectivity index (χ0n) is 19.0. The van der Waals surface area contributed by atoms with E-state index >= 15 is 0 Å². The number of pyridine rings is 2. The van der Waals surface area contributed by atoms with Crippen molar-refractivity contribution in [3.63, 3.8) is 0 Å². The lowest BCUT2D eigenvalue weighted by molar-refractivity contribution is 0.102. The SMILES string of the molecule is COc1cnc(Cl)cc1-c1cc(C)ncc1C(=O)Nc1nnc(S[C@@H]2c3c(Cl)cccc3C[C@H]2O)s1. The molecule has 3 heterocycles. The van der Waals surface area contributed by atoms with E-state index in [4.69, 9.17) is 27.9 Å².